The average Bonchev–Trinajstić information content (AvgIpc) is 2.72. The predicted octanol–water partition coefficient (Wildman–Crippen LogP) is 2.96. The topological polar surface area (TPSA) is 75.7 Å². The molecule has 0 spiro atoms. The first-order chi connectivity index (χ1) is 14.1. The number of rotatable bonds is 5. The minimum Gasteiger partial charge on any atom is -0.379 e. The molecular formula is C20H21F3N2O4S. The summed E-state index contributed by atoms with van der Waals surface area (Å²) in [6.45, 7) is 2.60. The van der Waals surface area contributed by atoms with Crippen molar-refractivity contribution in [3.8, 4) is 0 Å². The molecule has 2 aromatic carbocycles. The van der Waals surface area contributed by atoms with Crippen molar-refractivity contribution in [3.05, 3.63) is 64.7 Å². The molecule has 0 unspecified atom stereocenters. The van der Waals surface area contributed by atoms with Crippen LogP contribution in [0.3, 0.4) is 0 Å². The molecule has 0 aliphatic carbocycles. The van der Waals surface area contributed by atoms with Gasteiger partial charge in [-0.05, 0) is 42.3 Å². The predicted molar refractivity (Wildman–Crippen MR) is 103 cm³/mol. The lowest BCUT2D eigenvalue weighted by Crippen LogP contribution is -2.40. The van der Waals surface area contributed by atoms with Crippen LogP contribution in [0.4, 0.5) is 13.2 Å². The molecule has 6 nitrogen and oxygen atoms in total. The molecule has 3 rings (SSSR count). The van der Waals surface area contributed by atoms with Gasteiger partial charge in [-0.15, -0.1) is 0 Å². The second kappa shape index (κ2) is 8.75. The summed E-state index contributed by atoms with van der Waals surface area (Å²) >= 11 is 0. The lowest BCUT2D eigenvalue weighted by Gasteiger charge is -2.26. The van der Waals surface area contributed by atoms with E-state index in [9.17, 15) is 26.4 Å². The monoisotopic (exact) mass is 442 g/mol. The fourth-order valence-corrected chi connectivity index (χ4v) is 4.51. The van der Waals surface area contributed by atoms with Gasteiger partial charge in [-0.25, -0.2) is 8.42 Å². The summed E-state index contributed by atoms with van der Waals surface area (Å²) in [4.78, 5) is 12.6. The highest BCUT2D eigenvalue weighted by Gasteiger charge is 2.30. The quantitative estimate of drug-likeness (QED) is 0.773. The second-order valence-electron chi connectivity index (χ2n) is 6.87. The van der Waals surface area contributed by atoms with E-state index in [4.69, 9.17) is 4.74 Å². The summed E-state index contributed by atoms with van der Waals surface area (Å²) in [6, 6.07) is 8.92. The van der Waals surface area contributed by atoms with Gasteiger partial charge in [0, 0.05) is 25.2 Å². The summed E-state index contributed by atoms with van der Waals surface area (Å²) in [7, 11) is -3.78. The van der Waals surface area contributed by atoms with Crippen molar-refractivity contribution in [2.75, 3.05) is 26.3 Å². The number of morpholine rings is 1. The van der Waals surface area contributed by atoms with Gasteiger partial charge in [-0.3, -0.25) is 4.79 Å². The van der Waals surface area contributed by atoms with E-state index >= 15 is 0 Å². The molecule has 0 saturated carbocycles. The molecule has 0 bridgehead atoms. The number of hydrogen-bond acceptors (Lipinski definition) is 4. The molecule has 10 heteroatoms. The minimum absolute atomic E-state index is 0.0146. The van der Waals surface area contributed by atoms with E-state index < -0.39 is 27.7 Å². The Kier molecular flexibility index (Phi) is 6.49. The molecule has 1 aliphatic heterocycles. The van der Waals surface area contributed by atoms with Crippen molar-refractivity contribution in [2.24, 2.45) is 0 Å². The Morgan fingerprint density at radius 3 is 2.50 bits per heavy atom. The molecule has 0 radical (unpaired) electrons. The van der Waals surface area contributed by atoms with E-state index in [1.165, 1.54) is 34.6 Å². The number of amides is 1. The molecule has 1 amide bonds. The Bertz CT molecular complexity index is 1030. The normalized spacial score (nSPS) is 15.7. The number of ether oxygens (including phenoxy) is 1. The molecule has 162 valence electrons. The lowest BCUT2D eigenvalue weighted by atomic mass is 10.1. The van der Waals surface area contributed by atoms with Gasteiger partial charge in [0.2, 0.25) is 10.0 Å². The number of halogens is 3. The average molecular weight is 442 g/mol. The second-order valence-corrected chi connectivity index (χ2v) is 8.81. The number of aryl methyl sites for hydroxylation is 1. The number of sulfonamides is 1. The van der Waals surface area contributed by atoms with Crippen molar-refractivity contribution in [2.45, 2.75) is 24.5 Å². The van der Waals surface area contributed by atoms with Crippen LogP contribution in [0.2, 0.25) is 0 Å². The summed E-state index contributed by atoms with van der Waals surface area (Å²) in [5.41, 5.74) is 0.186. The zero-order valence-electron chi connectivity index (χ0n) is 16.2. The summed E-state index contributed by atoms with van der Waals surface area (Å²) in [5, 5.41) is 2.56. The SMILES string of the molecule is Cc1ccc(S(=O)(=O)N2CCOCC2)cc1C(=O)NCc1cccc(C(F)(F)F)c1. The van der Waals surface area contributed by atoms with Gasteiger partial charge in [0.05, 0.1) is 23.7 Å². The number of alkyl halides is 3. The molecule has 1 fully saturated rings. The summed E-state index contributed by atoms with van der Waals surface area (Å²) in [5.74, 6) is -0.566. The lowest BCUT2D eigenvalue weighted by molar-refractivity contribution is -0.137. The van der Waals surface area contributed by atoms with E-state index in [-0.39, 0.29) is 35.7 Å². The van der Waals surface area contributed by atoms with E-state index in [0.29, 0.717) is 18.8 Å². The highest BCUT2D eigenvalue weighted by atomic mass is 32.2. The van der Waals surface area contributed by atoms with Gasteiger partial charge in [-0.1, -0.05) is 18.2 Å². The first-order valence-corrected chi connectivity index (χ1v) is 10.7. The van der Waals surface area contributed by atoms with Crippen LogP contribution in [0, 0.1) is 6.92 Å². The third kappa shape index (κ3) is 5.00. The number of hydrogen-bond donors (Lipinski definition) is 1. The van der Waals surface area contributed by atoms with Crippen molar-refractivity contribution < 1.29 is 31.1 Å². The summed E-state index contributed by atoms with van der Waals surface area (Å²) in [6.07, 6.45) is -4.47. The molecular weight excluding hydrogens is 421 g/mol. The highest BCUT2D eigenvalue weighted by molar-refractivity contribution is 7.89. The molecule has 1 heterocycles. The Morgan fingerprint density at radius 2 is 1.83 bits per heavy atom. The van der Waals surface area contributed by atoms with Gasteiger partial charge in [-0.2, -0.15) is 17.5 Å². The van der Waals surface area contributed by atoms with Gasteiger partial charge in [0.25, 0.3) is 5.91 Å². The summed E-state index contributed by atoms with van der Waals surface area (Å²) < 4.78 is 70.6. The van der Waals surface area contributed by atoms with E-state index in [0.717, 1.165) is 12.1 Å². The van der Waals surface area contributed by atoms with Crippen molar-refractivity contribution in [3.63, 3.8) is 0 Å². The van der Waals surface area contributed by atoms with Crippen LogP contribution in [-0.4, -0.2) is 44.9 Å². The maximum atomic E-state index is 12.8. The Balaban J connectivity index is 1.77. The molecule has 1 aliphatic rings. The minimum atomic E-state index is -4.47. The number of nitrogens with zero attached hydrogens (tertiary/aromatic N) is 1. The highest BCUT2D eigenvalue weighted by Crippen LogP contribution is 2.29. The molecule has 30 heavy (non-hydrogen) atoms. The molecule has 1 N–H and O–H groups in total. The Morgan fingerprint density at radius 1 is 1.13 bits per heavy atom. The number of nitrogens with one attached hydrogen (secondary N) is 1. The largest absolute Gasteiger partial charge is 0.416 e. The number of carbonyl (C=O) groups is 1. The van der Waals surface area contributed by atoms with Crippen LogP contribution in [0.1, 0.15) is 27.0 Å². The first kappa shape index (κ1) is 22.3. The number of carbonyl (C=O) groups excluding carboxylic acids is 1. The van der Waals surface area contributed by atoms with Crippen LogP contribution in [-0.2, 0) is 27.5 Å². The molecule has 0 aromatic heterocycles. The van der Waals surface area contributed by atoms with Crippen LogP contribution in [0.5, 0.6) is 0 Å². The van der Waals surface area contributed by atoms with Gasteiger partial charge >= 0.3 is 6.18 Å². The third-order valence-corrected chi connectivity index (χ3v) is 6.66. The van der Waals surface area contributed by atoms with Crippen molar-refractivity contribution in [1.29, 1.82) is 0 Å². The standard InChI is InChI=1S/C20H21F3N2O4S/c1-14-5-6-17(30(27,28)25-7-9-29-10-8-25)12-18(14)19(26)24-13-15-3-2-4-16(11-15)20(21,22)23/h2-6,11-12H,7-10,13H2,1H3,(H,24,26). The Hall–Kier alpha value is -2.43. The van der Waals surface area contributed by atoms with Crippen LogP contribution in [0.15, 0.2) is 47.4 Å². The van der Waals surface area contributed by atoms with Crippen LogP contribution in [0.25, 0.3) is 0 Å². The first-order valence-electron chi connectivity index (χ1n) is 9.22. The van der Waals surface area contributed by atoms with Crippen LogP contribution >= 0.6 is 0 Å². The van der Waals surface area contributed by atoms with Crippen molar-refractivity contribution >= 4 is 15.9 Å². The van der Waals surface area contributed by atoms with Gasteiger partial charge in [0.15, 0.2) is 0 Å². The van der Waals surface area contributed by atoms with E-state index in [2.05, 4.69) is 5.32 Å². The fourth-order valence-electron chi connectivity index (χ4n) is 3.08. The Labute approximate surface area is 172 Å². The van der Waals surface area contributed by atoms with E-state index in [1.807, 2.05) is 0 Å². The maximum Gasteiger partial charge on any atom is 0.416 e. The van der Waals surface area contributed by atoms with E-state index in [1.54, 1.807) is 6.92 Å². The fraction of sp³-hybridized carbons (Fsp3) is 0.350. The van der Waals surface area contributed by atoms with Crippen molar-refractivity contribution in [1.82, 2.24) is 9.62 Å². The maximum absolute atomic E-state index is 12.8. The zero-order valence-corrected chi connectivity index (χ0v) is 17.0. The molecule has 2 aromatic rings. The molecule has 0 atom stereocenters. The van der Waals surface area contributed by atoms with Gasteiger partial charge < -0.3 is 10.1 Å². The van der Waals surface area contributed by atoms with Gasteiger partial charge in [0.1, 0.15) is 0 Å². The smallest absolute Gasteiger partial charge is 0.379 e. The number of benzene rings is 2. The zero-order chi connectivity index (χ0) is 21.9. The van der Waals surface area contributed by atoms with Crippen LogP contribution < -0.4 is 5.32 Å². The third-order valence-electron chi connectivity index (χ3n) is 4.77. The molecule has 1 saturated heterocycles.